The first-order valence-corrected chi connectivity index (χ1v) is 10.0. The fraction of sp³-hybridized carbons (Fsp3) is 0.471. The molecule has 132 valence electrons. The Balaban J connectivity index is 1.53. The lowest BCUT2D eigenvalue weighted by atomic mass is 9.84. The van der Waals surface area contributed by atoms with Crippen molar-refractivity contribution >= 4 is 10.2 Å². The number of morpholine rings is 1. The third-order valence-electron chi connectivity index (χ3n) is 5.51. The minimum Gasteiger partial charge on any atom is -0.379 e. The van der Waals surface area contributed by atoms with Crippen LogP contribution in [0.15, 0.2) is 36.7 Å². The van der Waals surface area contributed by atoms with Gasteiger partial charge >= 0.3 is 0 Å². The summed E-state index contributed by atoms with van der Waals surface area (Å²) in [6.07, 6.45) is 3.76. The van der Waals surface area contributed by atoms with Crippen molar-refractivity contribution in [2.24, 2.45) is 0 Å². The molecule has 0 aliphatic carbocycles. The molecule has 3 aliphatic heterocycles. The summed E-state index contributed by atoms with van der Waals surface area (Å²) in [4.78, 5) is 4.54. The van der Waals surface area contributed by atoms with Gasteiger partial charge in [0.2, 0.25) is 0 Å². The summed E-state index contributed by atoms with van der Waals surface area (Å²) >= 11 is 0. The van der Waals surface area contributed by atoms with E-state index in [9.17, 15) is 8.42 Å². The predicted molar refractivity (Wildman–Crippen MR) is 91.9 cm³/mol. The van der Waals surface area contributed by atoms with Gasteiger partial charge in [-0.25, -0.2) is 4.98 Å². The Hall–Kier alpha value is -1.74. The molecule has 8 heteroatoms. The third-order valence-corrected chi connectivity index (χ3v) is 7.47. The number of benzene rings is 1. The van der Waals surface area contributed by atoms with Crippen LogP contribution in [-0.2, 0) is 14.9 Å². The van der Waals surface area contributed by atoms with Gasteiger partial charge < -0.3 is 9.30 Å². The van der Waals surface area contributed by atoms with Crippen LogP contribution >= 0.6 is 0 Å². The van der Waals surface area contributed by atoms with E-state index in [1.54, 1.807) is 14.8 Å². The smallest absolute Gasteiger partial charge is 0.282 e. The van der Waals surface area contributed by atoms with E-state index in [1.807, 2.05) is 18.3 Å². The minimum absolute atomic E-state index is 0.0979. The molecule has 1 aromatic carbocycles. The topological polar surface area (TPSA) is 67.7 Å². The highest BCUT2D eigenvalue weighted by molar-refractivity contribution is 7.86. The maximum Gasteiger partial charge on any atom is 0.282 e. The fourth-order valence-electron chi connectivity index (χ4n) is 4.29. The SMILES string of the molecule is O=S(=O)(N1CCOCC1)N1C[C@@H]2c3nccn3-c3ccccc3[C@@H]2C1. The van der Waals surface area contributed by atoms with E-state index in [0.717, 1.165) is 11.5 Å². The average molecular weight is 360 g/mol. The van der Waals surface area contributed by atoms with Crippen LogP contribution < -0.4 is 0 Å². The van der Waals surface area contributed by atoms with Gasteiger partial charge in [-0.2, -0.15) is 17.0 Å². The number of hydrogen-bond donors (Lipinski definition) is 0. The number of nitrogens with zero attached hydrogens (tertiary/aromatic N) is 4. The first-order chi connectivity index (χ1) is 12.2. The van der Waals surface area contributed by atoms with Crippen molar-refractivity contribution in [1.82, 2.24) is 18.2 Å². The summed E-state index contributed by atoms with van der Waals surface area (Å²) in [5.74, 6) is 1.21. The van der Waals surface area contributed by atoms with Crippen LogP contribution in [0.1, 0.15) is 23.2 Å². The number of aromatic nitrogens is 2. The second-order valence-corrected chi connectivity index (χ2v) is 8.69. The largest absolute Gasteiger partial charge is 0.379 e. The van der Waals surface area contributed by atoms with Gasteiger partial charge in [-0.15, -0.1) is 0 Å². The van der Waals surface area contributed by atoms with Crippen LogP contribution in [0.5, 0.6) is 0 Å². The molecule has 0 bridgehead atoms. The lowest BCUT2D eigenvalue weighted by Crippen LogP contribution is -2.47. The lowest BCUT2D eigenvalue weighted by molar-refractivity contribution is 0.0705. The molecule has 4 heterocycles. The molecule has 2 atom stereocenters. The Morgan fingerprint density at radius 3 is 2.64 bits per heavy atom. The molecule has 1 aromatic heterocycles. The summed E-state index contributed by atoms with van der Waals surface area (Å²) in [5.41, 5.74) is 2.32. The van der Waals surface area contributed by atoms with Gasteiger partial charge in [0.1, 0.15) is 5.82 Å². The number of ether oxygens (including phenoxy) is 1. The van der Waals surface area contributed by atoms with E-state index in [-0.39, 0.29) is 11.8 Å². The molecule has 25 heavy (non-hydrogen) atoms. The van der Waals surface area contributed by atoms with Crippen molar-refractivity contribution in [3.05, 3.63) is 48.0 Å². The molecule has 0 radical (unpaired) electrons. The van der Waals surface area contributed by atoms with E-state index in [0.29, 0.717) is 39.4 Å². The Morgan fingerprint density at radius 2 is 1.80 bits per heavy atom. The fourth-order valence-corrected chi connectivity index (χ4v) is 5.92. The minimum atomic E-state index is -3.46. The van der Waals surface area contributed by atoms with Crippen LogP contribution in [0.2, 0.25) is 0 Å². The molecule has 3 aliphatic rings. The zero-order valence-electron chi connectivity index (χ0n) is 13.8. The highest BCUT2D eigenvalue weighted by Crippen LogP contribution is 2.46. The van der Waals surface area contributed by atoms with Gasteiger partial charge in [0.25, 0.3) is 10.2 Å². The van der Waals surface area contributed by atoms with Crippen LogP contribution in [0.25, 0.3) is 5.69 Å². The second-order valence-electron chi connectivity index (χ2n) is 6.76. The highest BCUT2D eigenvalue weighted by atomic mass is 32.2. The summed E-state index contributed by atoms with van der Waals surface area (Å²) in [6.45, 7) is 2.78. The predicted octanol–water partition coefficient (Wildman–Crippen LogP) is 0.946. The zero-order chi connectivity index (χ0) is 17.0. The Kier molecular flexibility index (Phi) is 3.50. The van der Waals surface area contributed by atoms with Gasteiger partial charge in [-0.3, -0.25) is 0 Å². The Labute approximate surface area is 147 Å². The first kappa shape index (κ1) is 15.5. The number of hydrogen-bond acceptors (Lipinski definition) is 4. The maximum absolute atomic E-state index is 13.1. The van der Waals surface area contributed by atoms with Gasteiger partial charge in [0.15, 0.2) is 0 Å². The maximum atomic E-state index is 13.1. The molecule has 0 spiro atoms. The molecule has 0 unspecified atom stereocenters. The summed E-state index contributed by atoms with van der Waals surface area (Å²) in [7, 11) is -3.46. The van der Waals surface area contributed by atoms with Crippen LogP contribution in [-0.4, -0.2) is 66.0 Å². The van der Waals surface area contributed by atoms with Gasteiger partial charge in [0, 0.05) is 50.4 Å². The molecule has 5 rings (SSSR count). The lowest BCUT2D eigenvalue weighted by Gasteiger charge is -2.30. The Bertz CT molecular complexity index is 904. The van der Waals surface area contributed by atoms with Gasteiger partial charge in [-0.1, -0.05) is 18.2 Å². The van der Waals surface area contributed by atoms with Gasteiger partial charge in [-0.05, 0) is 11.6 Å². The molecule has 0 amide bonds. The normalized spacial score (nSPS) is 26.9. The van der Waals surface area contributed by atoms with E-state index in [1.165, 1.54) is 5.56 Å². The molecule has 2 fully saturated rings. The highest BCUT2D eigenvalue weighted by Gasteiger charge is 2.46. The molecule has 2 aromatic rings. The molecule has 0 N–H and O–H groups in total. The molecular weight excluding hydrogens is 340 g/mol. The monoisotopic (exact) mass is 360 g/mol. The Morgan fingerprint density at radius 1 is 1.04 bits per heavy atom. The molecule has 7 nitrogen and oxygen atoms in total. The van der Waals surface area contributed by atoms with Crippen molar-refractivity contribution < 1.29 is 13.2 Å². The van der Waals surface area contributed by atoms with E-state index in [2.05, 4.69) is 21.7 Å². The van der Waals surface area contributed by atoms with Crippen molar-refractivity contribution in [2.75, 3.05) is 39.4 Å². The van der Waals surface area contributed by atoms with Crippen LogP contribution in [0.4, 0.5) is 0 Å². The molecule has 0 saturated carbocycles. The van der Waals surface area contributed by atoms with Gasteiger partial charge in [0.05, 0.1) is 18.9 Å². The molecule has 2 saturated heterocycles. The standard InChI is InChI=1S/C17H20N4O3S/c22-25(23,19-7-9-24-10-8-19)20-11-14-13-3-1-2-4-16(13)21-6-5-18-17(21)15(14)12-20/h1-6,14-15H,7-12H2/t14-,15-/m0/s1. The van der Waals surface area contributed by atoms with E-state index >= 15 is 0 Å². The second kappa shape index (κ2) is 5.63. The number of imidazole rings is 1. The quantitative estimate of drug-likeness (QED) is 0.800. The van der Waals surface area contributed by atoms with E-state index in [4.69, 9.17) is 4.74 Å². The molecular formula is C17H20N4O3S. The number of para-hydroxylation sites is 1. The van der Waals surface area contributed by atoms with Crippen molar-refractivity contribution in [3.63, 3.8) is 0 Å². The van der Waals surface area contributed by atoms with Crippen LogP contribution in [0.3, 0.4) is 0 Å². The summed E-state index contributed by atoms with van der Waals surface area (Å²) < 4.78 is 36.7. The number of fused-ring (bicyclic) bond motifs is 6. The van der Waals surface area contributed by atoms with Crippen molar-refractivity contribution in [1.29, 1.82) is 0 Å². The summed E-state index contributed by atoms with van der Waals surface area (Å²) in [6, 6.07) is 8.23. The van der Waals surface area contributed by atoms with Crippen molar-refractivity contribution in [2.45, 2.75) is 11.8 Å². The van der Waals surface area contributed by atoms with Crippen LogP contribution in [0, 0.1) is 0 Å². The zero-order valence-corrected chi connectivity index (χ0v) is 14.6. The summed E-state index contributed by atoms with van der Waals surface area (Å²) in [5, 5.41) is 0. The number of rotatable bonds is 2. The average Bonchev–Trinajstić information content (AvgIpc) is 3.30. The third kappa shape index (κ3) is 2.28. The van der Waals surface area contributed by atoms with Crippen molar-refractivity contribution in [3.8, 4) is 5.69 Å². The first-order valence-electron chi connectivity index (χ1n) is 8.62. The van der Waals surface area contributed by atoms with E-state index < -0.39 is 10.2 Å².